The lowest BCUT2D eigenvalue weighted by Crippen LogP contribution is -2.26. The van der Waals surface area contributed by atoms with Gasteiger partial charge in [-0.3, -0.25) is 10.1 Å². The molecule has 1 aliphatic rings. The molecule has 0 bridgehead atoms. The third kappa shape index (κ3) is 3.17. The fourth-order valence-electron chi connectivity index (χ4n) is 2.30. The van der Waals surface area contributed by atoms with Crippen molar-refractivity contribution in [1.29, 1.82) is 0 Å². The molecule has 1 heterocycles. The molecule has 0 amide bonds. The van der Waals surface area contributed by atoms with Crippen LogP contribution in [0.2, 0.25) is 0 Å². The van der Waals surface area contributed by atoms with Gasteiger partial charge in [0, 0.05) is 18.2 Å². The monoisotopic (exact) mass is 350 g/mol. The molecule has 2 aromatic rings. The van der Waals surface area contributed by atoms with Crippen LogP contribution in [0.4, 0.5) is 5.69 Å². The Kier molecular flexibility index (Phi) is 4.12. The number of fused-ring (bicyclic) bond motifs is 1. The maximum atomic E-state index is 12.4. The van der Waals surface area contributed by atoms with Crippen LogP contribution < -0.4 is 14.2 Å². The van der Waals surface area contributed by atoms with E-state index in [1.165, 1.54) is 12.1 Å². The number of nitro benzene ring substituents is 1. The Labute approximate surface area is 138 Å². The van der Waals surface area contributed by atoms with Gasteiger partial charge < -0.3 is 9.47 Å². The van der Waals surface area contributed by atoms with E-state index in [0.29, 0.717) is 17.1 Å². The second kappa shape index (κ2) is 6.10. The second-order valence-electron chi connectivity index (χ2n) is 5.21. The van der Waals surface area contributed by atoms with Crippen molar-refractivity contribution in [1.82, 2.24) is 4.72 Å². The van der Waals surface area contributed by atoms with Gasteiger partial charge in [-0.15, -0.1) is 0 Å². The van der Waals surface area contributed by atoms with Crippen LogP contribution in [0.5, 0.6) is 11.5 Å². The minimum absolute atomic E-state index is 0.0410. The van der Waals surface area contributed by atoms with E-state index in [4.69, 9.17) is 9.47 Å². The Morgan fingerprint density at radius 2 is 1.79 bits per heavy atom. The molecule has 0 aliphatic carbocycles. The molecule has 1 aliphatic heterocycles. The number of nitrogens with one attached hydrogen (secondary N) is 1. The molecule has 1 atom stereocenters. The molecular formula is C15H14N2O6S. The minimum atomic E-state index is -3.81. The first-order chi connectivity index (χ1) is 11.4. The maximum Gasteiger partial charge on any atom is 0.269 e. The molecule has 0 spiro atoms. The fraction of sp³-hybridized carbons (Fsp3) is 0.200. The van der Waals surface area contributed by atoms with Crippen molar-refractivity contribution >= 4 is 15.7 Å². The third-order valence-corrected chi connectivity index (χ3v) is 5.14. The number of nitro groups is 1. The summed E-state index contributed by atoms with van der Waals surface area (Å²) < 4.78 is 37.8. The highest BCUT2D eigenvalue weighted by Crippen LogP contribution is 2.34. The normalized spacial score (nSPS) is 14.4. The lowest BCUT2D eigenvalue weighted by molar-refractivity contribution is -0.384. The summed E-state index contributed by atoms with van der Waals surface area (Å²) in [4.78, 5) is 10.0. The molecule has 24 heavy (non-hydrogen) atoms. The average Bonchev–Trinajstić information content (AvgIpc) is 3.02. The average molecular weight is 350 g/mol. The van der Waals surface area contributed by atoms with Crippen molar-refractivity contribution in [3.63, 3.8) is 0 Å². The largest absolute Gasteiger partial charge is 0.454 e. The van der Waals surface area contributed by atoms with Crippen LogP contribution in [-0.4, -0.2) is 20.1 Å². The summed E-state index contributed by atoms with van der Waals surface area (Å²) >= 11 is 0. The summed E-state index contributed by atoms with van der Waals surface area (Å²) in [7, 11) is -3.81. The molecular weight excluding hydrogens is 336 g/mol. The number of hydrogen-bond donors (Lipinski definition) is 1. The quantitative estimate of drug-likeness (QED) is 0.655. The van der Waals surface area contributed by atoms with E-state index in [2.05, 4.69) is 4.72 Å². The van der Waals surface area contributed by atoms with Crippen molar-refractivity contribution in [2.45, 2.75) is 17.9 Å². The molecule has 126 valence electrons. The first-order valence-electron chi connectivity index (χ1n) is 7.03. The molecule has 0 unspecified atom stereocenters. The van der Waals surface area contributed by atoms with Gasteiger partial charge in [0.25, 0.3) is 5.69 Å². The standard InChI is InChI=1S/C15H14N2O6S/c1-10(11-2-7-14-15(8-11)23-9-22-14)16-24(20,21)13-5-3-12(4-6-13)17(18)19/h2-8,10,16H,9H2,1H3/t10-/m0/s1. The molecule has 0 fully saturated rings. The lowest BCUT2D eigenvalue weighted by atomic mass is 10.1. The molecule has 0 radical (unpaired) electrons. The number of nitrogens with zero attached hydrogens (tertiary/aromatic N) is 1. The predicted molar refractivity (Wildman–Crippen MR) is 84.4 cm³/mol. The second-order valence-corrected chi connectivity index (χ2v) is 6.92. The number of ether oxygens (including phenoxy) is 2. The van der Waals surface area contributed by atoms with E-state index < -0.39 is 21.0 Å². The van der Waals surface area contributed by atoms with Gasteiger partial charge in [0.05, 0.1) is 9.82 Å². The van der Waals surface area contributed by atoms with Crippen LogP contribution in [0.1, 0.15) is 18.5 Å². The van der Waals surface area contributed by atoms with E-state index in [1.807, 2.05) is 0 Å². The summed E-state index contributed by atoms with van der Waals surface area (Å²) in [5.41, 5.74) is 0.544. The van der Waals surface area contributed by atoms with Gasteiger partial charge in [-0.05, 0) is 36.8 Å². The van der Waals surface area contributed by atoms with Gasteiger partial charge in [-0.1, -0.05) is 6.07 Å². The van der Waals surface area contributed by atoms with E-state index in [-0.39, 0.29) is 17.4 Å². The zero-order chi connectivity index (χ0) is 17.3. The highest BCUT2D eigenvalue weighted by molar-refractivity contribution is 7.89. The number of non-ortho nitro benzene ring substituents is 1. The van der Waals surface area contributed by atoms with Gasteiger partial charge in [0.2, 0.25) is 16.8 Å². The molecule has 1 N–H and O–H groups in total. The van der Waals surface area contributed by atoms with Crippen molar-refractivity contribution in [3.05, 3.63) is 58.1 Å². The Morgan fingerprint density at radius 3 is 2.46 bits per heavy atom. The van der Waals surface area contributed by atoms with Crippen LogP contribution in [0.15, 0.2) is 47.4 Å². The molecule has 0 saturated carbocycles. The Balaban J connectivity index is 1.79. The lowest BCUT2D eigenvalue weighted by Gasteiger charge is -2.15. The molecule has 0 aromatic heterocycles. The van der Waals surface area contributed by atoms with Gasteiger partial charge >= 0.3 is 0 Å². The van der Waals surface area contributed by atoms with Crippen LogP contribution in [-0.2, 0) is 10.0 Å². The van der Waals surface area contributed by atoms with Crippen LogP contribution in [0.25, 0.3) is 0 Å². The summed E-state index contributed by atoms with van der Waals surface area (Å²) in [5, 5.41) is 10.6. The van der Waals surface area contributed by atoms with Crippen LogP contribution >= 0.6 is 0 Å². The van der Waals surface area contributed by atoms with E-state index in [9.17, 15) is 18.5 Å². The smallest absolute Gasteiger partial charge is 0.269 e. The molecule has 3 rings (SSSR count). The van der Waals surface area contributed by atoms with E-state index in [1.54, 1.807) is 25.1 Å². The van der Waals surface area contributed by atoms with Gasteiger partial charge in [-0.2, -0.15) is 0 Å². The summed E-state index contributed by atoms with van der Waals surface area (Å²) in [6.07, 6.45) is 0. The van der Waals surface area contributed by atoms with Crippen molar-refractivity contribution in [2.24, 2.45) is 0 Å². The SMILES string of the molecule is C[C@H](NS(=O)(=O)c1ccc([N+](=O)[O-])cc1)c1ccc2c(c1)OCO2. The van der Waals surface area contributed by atoms with Crippen LogP contribution in [0, 0.1) is 10.1 Å². The van der Waals surface area contributed by atoms with E-state index >= 15 is 0 Å². The first-order valence-corrected chi connectivity index (χ1v) is 8.51. The highest BCUT2D eigenvalue weighted by Gasteiger charge is 2.21. The highest BCUT2D eigenvalue weighted by atomic mass is 32.2. The van der Waals surface area contributed by atoms with Crippen LogP contribution in [0.3, 0.4) is 0 Å². The van der Waals surface area contributed by atoms with Crippen molar-refractivity contribution in [3.8, 4) is 11.5 Å². The van der Waals surface area contributed by atoms with Crippen molar-refractivity contribution in [2.75, 3.05) is 6.79 Å². The third-order valence-electron chi connectivity index (χ3n) is 3.59. The van der Waals surface area contributed by atoms with Crippen molar-refractivity contribution < 1.29 is 22.8 Å². The molecule has 0 saturated heterocycles. The zero-order valence-corrected chi connectivity index (χ0v) is 13.4. The number of benzene rings is 2. The van der Waals surface area contributed by atoms with Gasteiger partial charge in [0.1, 0.15) is 0 Å². The number of hydrogen-bond acceptors (Lipinski definition) is 6. The summed E-state index contributed by atoms with van der Waals surface area (Å²) in [5.74, 6) is 1.18. The van der Waals surface area contributed by atoms with Gasteiger partial charge in [0.15, 0.2) is 11.5 Å². The topological polar surface area (TPSA) is 108 Å². The fourth-order valence-corrected chi connectivity index (χ4v) is 3.53. The zero-order valence-electron chi connectivity index (χ0n) is 12.6. The van der Waals surface area contributed by atoms with Gasteiger partial charge in [-0.25, -0.2) is 13.1 Å². The Hall–Kier alpha value is -2.65. The summed E-state index contributed by atoms with van der Waals surface area (Å²) in [6, 6.07) is 9.37. The molecule has 2 aromatic carbocycles. The first kappa shape index (κ1) is 16.2. The number of sulfonamides is 1. The maximum absolute atomic E-state index is 12.4. The Morgan fingerprint density at radius 1 is 1.12 bits per heavy atom. The molecule has 8 nitrogen and oxygen atoms in total. The summed E-state index contributed by atoms with van der Waals surface area (Å²) in [6.45, 7) is 1.84. The molecule has 9 heteroatoms. The Bertz CT molecular complexity index is 879. The number of rotatable bonds is 5. The predicted octanol–water partition coefficient (Wildman–Crippen LogP) is 2.36. The minimum Gasteiger partial charge on any atom is -0.454 e. The van der Waals surface area contributed by atoms with E-state index in [0.717, 1.165) is 12.1 Å².